The molecule has 0 spiro atoms. The smallest absolute Gasteiger partial charge is 0.170 e. The average molecular weight is 371 g/mol. The molecule has 6 heteroatoms. The molecule has 0 unspecified atom stereocenters. The molecule has 0 amide bonds. The minimum absolute atomic E-state index is 0.0237. The topological polar surface area (TPSA) is 53.3 Å². The third-order valence-electron chi connectivity index (χ3n) is 5.51. The summed E-state index contributed by atoms with van der Waals surface area (Å²) in [5, 5.41) is 13.6. The van der Waals surface area contributed by atoms with Crippen LogP contribution in [0.5, 0.6) is 0 Å². The normalized spacial score (nSPS) is 22.7. The summed E-state index contributed by atoms with van der Waals surface area (Å²) in [5.41, 5.74) is 4.97. The van der Waals surface area contributed by atoms with Crippen molar-refractivity contribution in [2.75, 3.05) is 13.2 Å². The van der Waals surface area contributed by atoms with E-state index >= 15 is 0 Å². The van der Waals surface area contributed by atoms with Crippen molar-refractivity contribution in [3.8, 4) is 0 Å². The summed E-state index contributed by atoms with van der Waals surface area (Å²) in [6.07, 6.45) is 5.08. The van der Waals surface area contributed by atoms with E-state index in [4.69, 9.17) is 12.2 Å². The summed E-state index contributed by atoms with van der Waals surface area (Å²) in [6.45, 7) is 5.33. The van der Waals surface area contributed by atoms with E-state index in [0.29, 0.717) is 12.5 Å². The lowest BCUT2D eigenvalue weighted by atomic mass is 9.96. The molecule has 1 aliphatic carbocycles. The van der Waals surface area contributed by atoms with Gasteiger partial charge in [-0.05, 0) is 69.1 Å². The highest BCUT2D eigenvalue weighted by Gasteiger charge is 2.41. The van der Waals surface area contributed by atoms with Gasteiger partial charge < -0.3 is 19.9 Å². The Morgan fingerprint density at radius 1 is 1.31 bits per heavy atom. The van der Waals surface area contributed by atoms with Gasteiger partial charge in [-0.1, -0.05) is 6.07 Å². The number of hydrogen-bond acceptors (Lipinski definition) is 3. The molecular weight excluding hydrogens is 344 g/mol. The molecule has 2 aliphatic rings. The zero-order valence-corrected chi connectivity index (χ0v) is 16.2. The number of thiocarbonyl (C=S) groups is 1. The maximum absolute atomic E-state index is 9.33. The van der Waals surface area contributed by atoms with Gasteiger partial charge in [0.2, 0.25) is 0 Å². The number of aromatic nitrogens is 2. The minimum Gasteiger partial charge on any atom is -0.396 e. The molecule has 2 atom stereocenters. The van der Waals surface area contributed by atoms with Crippen LogP contribution in [0.3, 0.4) is 0 Å². The van der Waals surface area contributed by atoms with Gasteiger partial charge in [-0.3, -0.25) is 4.98 Å². The fraction of sp³-hybridized carbons (Fsp3) is 0.500. The maximum Gasteiger partial charge on any atom is 0.170 e. The molecule has 2 aromatic rings. The van der Waals surface area contributed by atoms with Gasteiger partial charge in [-0.15, -0.1) is 0 Å². The predicted molar refractivity (Wildman–Crippen MR) is 106 cm³/mol. The lowest BCUT2D eigenvalue weighted by Gasteiger charge is -2.28. The van der Waals surface area contributed by atoms with Gasteiger partial charge in [0.1, 0.15) is 0 Å². The van der Waals surface area contributed by atoms with Gasteiger partial charge in [0, 0.05) is 36.8 Å². The van der Waals surface area contributed by atoms with Crippen LogP contribution in [0.4, 0.5) is 0 Å². The molecule has 1 saturated carbocycles. The molecule has 138 valence electrons. The molecule has 1 aliphatic heterocycles. The van der Waals surface area contributed by atoms with Crippen molar-refractivity contribution in [2.45, 2.75) is 51.2 Å². The standard InChI is InChI=1S/C20H26N4OS/c1-13-12-16(14(2)24(13)15-7-8-15)19-18(17-6-3-4-9-21-17)22-20(26)23(19)10-5-11-25/h3-4,6,9,12,15,18-19,25H,5,7-8,10-11H2,1-2H3,(H,22,26)/t18-,19+/m0/s1. The Bertz CT molecular complexity index is 800. The van der Waals surface area contributed by atoms with Gasteiger partial charge in [0.15, 0.2) is 5.11 Å². The lowest BCUT2D eigenvalue weighted by Crippen LogP contribution is -2.31. The largest absolute Gasteiger partial charge is 0.396 e. The van der Waals surface area contributed by atoms with Crippen molar-refractivity contribution in [3.05, 3.63) is 53.1 Å². The molecule has 3 heterocycles. The third kappa shape index (κ3) is 3.01. The Morgan fingerprint density at radius 2 is 2.12 bits per heavy atom. The SMILES string of the molecule is Cc1cc([C@@H]2[C@H](c3ccccn3)NC(=S)N2CCCO)c(C)n1C1CC1. The van der Waals surface area contributed by atoms with Gasteiger partial charge in [0.25, 0.3) is 0 Å². The molecule has 0 bridgehead atoms. The summed E-state index contributed by atoms with van der Waals surface area (Å²) in [7, 11) is 0. The fourth-order valence-electron chi connectivity index (χ4n) is 4.22. The van der Waals surface area contributed by atoms with Gasteiger partial charge in [0.05, 0.1) is 17.8 Å². The summed E-state index contributed by atoms with van der Waals surface area (Å²) >= 11 is 5.65. The zero-order chi connectivity index (χ0) is 18.3. The first-order chi connectivity index (χ1) is 12.6. The van der Waals surface area contributed by atoms with Crippen LogP contribution in [0, 0.1) is 13.8 Å². The molecule has 2 fully saturated rings. The second kappa shape index (κ2) is 7.00. The van der Waals surface area contributed by atoms with E-state index in [1.165, 1.54) is 29.8 Å². The lowest BCUT2D eigenvalue weighted by molar-refractivity contribution is 0.247. The van der Waals surface area contributed by atoms with E-state index < -0.39 is 0 Å². The van der Waals surface area contributed by atoms with E-state index in [2.05, 4.69) is 45.7 Å². The van der Waals surface area contributed by atoms with E-state index in [1.54, 1.807) is 0 Å². The quantitative estimate of drug-likeness (QED) is 0.765. The highest BCUT2D eigenvalue weighted by molar-refractivity contribution is 7.80. The Hall–Kier alpha value is -1.92. The molecule has 5 nitrogen and oxygen atoms in total. The third-order valence-corrected chi connectivity index (χ3v) is 5.86. The summed E-state index contributed by atoms with van der Waals surface area (Å²) in [6, 6.07) is 9.11. The number of pyridine rings is 1. The number of nitrogens with zero attached hydrogens (tertiary/aromatic N) is 3. The molecule has 2 aromatic heterocycles. The van der Waals surface area contributed by atoms with E-state index in [0.717, 1.165) is 17.4 Å². The number of hydrogen-bond donors (Lipinski definition) is 2. The first kappa shape index (κ1) is 17.5. The monoisotopic (exact) mass is 370 g/mol. The molecular formula is C20H26N4OS. The van der Waals surface area contributed by atoms with Crippen LogP contribution < -0.4 is 5.32 Å². The van der Waals surface area contributed by atoms with Crippen molar-refractivity contribution in [2.24, 2.45) is 0 Å². The van der Waals surface area contributed by atoms with Crippen LogP contribution in [0.15, 0.2) is 30.5 Å². The predicted octanol–water partition coefficient (Wildman–Crippen LogP) is 3.19. The van der Waals surface area contributed by atoms with Crippen LogP contribution in [0.1, 0.15) is 60.0 Å². The Labute approximate surface area is 160 Å². The first-order valence-electron chi connectivity index (χ1n) is 9.39. The second-order valence-corrected chi connectivity index (χ2v) is 7.71. The van der Waals surface area contributed by atoms with E-state index in [9.17, 15) is 5.11 Å². The number of aliphatic hydroxyl groups excluding tert-OH is 1. The van der Waals surface area contributed by atoms with Crippen molar-refractivity contribution in [1.29, 1.82) is 0 Å². The van der Waals surface area contributed by atoms with Gasteiger partial charge in [-0.2, -0.15) is 0 Å². The molecule has 26 heavy (non-hydrogen) atoms. The Balaban J connectivity index is 1.76. The number of aliphatic hydroxyl groups is 1. The van der Waals surface area contributed by atoms with Gasteiger partial charge >= 0.3 is 0 Å². The fourth-order valence-corrected chi connectivity index (χ4v) is 4.55. The van der Waals surface area contributed by atoms with Crippen molar-refractivity contribution in [3.63, 3.8) is 0 Å². The zero-order valence-electron chi connectivity index (χ0n) is 15.4. The first-order valence-corrected chi connectivity index (χ1v) is 9.80. The van der Waals surface area contributed by atoms with Crippen LogP contribution in [-0.2, 0) is 0 Å². The van der Waals surface area contributed by atoms with Crippen LogP contribution in [-0.4, -0.2) is 37.8 Å². The van der Waals surface area contributed by atoms with Crippen molar-refractivity contribution in [1.82, 2.24) is 19.8 Å². The number of rotatable bonds is 6. The Morgan fingerprint density at radius 3 is 2.77 bits per heavy atom. The second-order valence-electron chi connectivity index (χ2n) is 7.32. The molecule has 1 saturated heterocycles. The maximum atomic E-state index is 9.33. The highest BCUT2D eigenvalue weighted by Crippen LogP contribution is 2.44. The summed E-state index contributed by atoms with van der Waals surface area (Å²) in [4.78, 5) is 6.81. The number of nitrogens with one attached hydrogen (secondary N) is 1. The molecule has 0 radical (unpaired) electrons. The van der Waals surface area contributed by atoms with Crippen LogP contribution in [0.25, 0.3) is 0 Å². The summed E-state index contributed by atoms with van der Waals surface area (Å²) in [5.74, 6) is 0. The van der Waals surface area contributed by atoms with Crippen molar-refractivity contribution < 1.29 is 5.11 Å². The minimum atomic E-state index is 0.0237. The number of aryl methyl sites for hydroxylation is 1. The van der Waals surface area contributed by atoms with E-state index in [-0.39, 0.29) is 18.7 Å². The van der Waals surface area contributed by atoms with Gasteiger partial charge in [-0.25, -0.2) is 0 Å². The molecule has 4 rings (SSSR count). The average Bonchev–Trinajstić information content (AvgIpc) is 3.36. The van der Waals surface area contributed by atoms with E-state index in [1.807, 2.05) is 18.3 Å². The molecule has 2 N–H and O–H groups in total. The van der Waals surface area contributed by atoms with Crippen LogP contribution in [0.2, 0.25) is 0 Å². The van der Waals surface area contributed by atoms with Crippen molar-refractivity contribution >= 4 is 17.3 Å². The summed E-state index contributed by atoms with van der Waals surface area (Å²) < 4.78 is 2.48. The molecule has 0 aromatic carbocycles. The Kier molecular flexibility index (Phi) is 4.71. The highest BCUT2D eigenvalue weighted by atomic mass is 32.1. The van der Waals surface area contributed by atoms with Crippen LogP contribution >= 0.6 is 12.2 Å².